The predicted molar refractivity (Wildman–Crippen MR) is 142 cm³/mol. The van der Waals surface area contributed by atoms with Crippen LogP contribution in [0.2, 0.25) is 0 Å². The van der Waals surface area contributed by atoms with Crippen LogP contribution in [-0.2, 0) is 28.7 Å². The standard InChI is InChI=1S/C28H50O10/c1-2-3-4-5-6-7-8-9-10-11-12-13-14-15-16-17-18-25(32)37-21-23(29)22-38-26(33)20-28(36,27(34)35)19-24(30)31/h23,29,36H,2-22H2,1H3,(H,30,31)(H,34,35). The van der Waals surface area contributed by atoms with E-state index >= 15 is 0 Å². The Morgan fingerprint density at radius 1 is 0.632 bits per heavy atom. The van der Waals surface area contributed by atoms with Gasteiger partial charge >= 0.3 is 23.9 Å². The monoisotopic (exact) mass is 546 g/mol. The molecule has 0 aromatic carbocycles. The SMILES string of the molecule is CCCCCCCCCCCCCCCCCCC(=O)OCC(O)COC(=O)CC(O)(CC(=O)O)C(=O)O. The summed E-state index contributed by atoms with van der Waals surface area (Å²) in [5.41, 5.74) is -2.81. The maximum Gasteiger partial charge on any atom is 0.336 e. The maximum absolute atomic E-state index is 11.8. The molecule has 0 radical (unpaired) electrons. The van der Waals surface area contributed by atoms with Crippen LogP contribution >= 0.6 is 0 Å². The summed E-state index contributed by atoms with van der Waals surface area (Å²) in [4.78, 5) is 45.2. The molecule has 2 atom stereocenters. The van der Waals surface area contributed by atoms with E-state index in [1.807, 2.05) is 0 Å². The highest BCUT2D eigenvalue weighted by Crippen LogP contribution is 2.17. The summed E-state index contributed by atoms with van der Waals surface area (Å²) in [5.74, 6) is -5.14. The van der Waals surface area contributed by atoms with Crippen molar-refractivity contribution in [1.29, 1.82) is 0 Å². The van der Waals surface area contributed by atoms with Crippen LogP contribution in [0.5, 0.6) is 0 Å². The third-order valence-electron chi connectivity index (χ3n) is 6.39. The number of carboxylic acids is 2. The van der Waals surface area contributed by atoms with Crippen LogP contribution in [-0.4, -0.2) is 69.2 Å². The Balaban J connectivity index is 3.66. The van der Waals surface area contributed by atoms with Gasteiger partial charge in [-0.2, -0.15) is 0 Å². The first kappa shape index (κ1) is 35.8. The van der Waals surface area contributed by atoms with E-state index in [2.05, 4.69) is 11.7 Å². The van der Waals surface area contributed by atoms with Gasteiger partial charge in [0.25, 0.3) is 0 Å². The van der Waals surface area contributed by atoms with Gasteiger partial charge in [0.1, 0.15) is 19.3 Å². The predicted octanol–water partition coefficient (Wildman–Crippen LogP) is 4.77. The number of aliphatic hydroxyl groups excluding tert-OH is 1. The minimum Gasteiger partial charge on any atom is -0.481 e. The van der Waals surface area contributed by atoms with Gasteiger partial charge < -0.3 is 29.9 Å². The Morgan fingerprint density at radius 2 is 1.03 bits per heavy atom. The largest absolute Gasteiger partial charge is 0.481 e. The van der Waals surface area contributed by atoms with Crippen molar-refractivity contribution in [2.45, 2.75) is 141 Å². The molecule has 0 aliphatic carbocycles. The summed E-state index contributed by atoms with van der Waals surface area (Å²) in [6.45, 7) is 1.26. The van der Waals surface area contributed by atoms with E-state index in [0.29, 0.717) is 6.42 Å². The van der Waals surface area contributed by atoms with Crippen LogP contribution in [0.3, 0.4) is 0 Å². The third-order valence-corrected chi connectivity index (χ3v) is 6.39. The summed E-state index contributed by atoms with van der Waals surface area (Å²) in [7, 11) is 0. The zero-order chi connectivity index (χ0) is 28.7. The molecule has 0 heterocycles. The normalized spacial score (nSPS) is 13.4. The summed E-state index contributed by atoms with van der Waals surface area (Å²) >= 11 is 0. The Labute approximate surface area is 227 Å². The topological polar surface area (TPSA) is 168 Å². The van der Waals surface area contributed by atoms with Gasteiger partial charge in [0.05, 0.1) is 12.8 Å². The molecule has 0 saturated carbocycles. The zero-order valence-electron chi connectivity index (χ0n) is 23.2. The van der Waals surface area contributed by atoms with Gasteiger partial charge in [-0.15, -0.1) is 0 Å². The number of aliphatic hydroxyl groups is 2. The highest BCUT2D eigenvalue weighted by Gasteiger charge is 2.41. The Kier molecular flexibility index (Phi) is 21.4. The minimum absolute atomic E-state index is 0.228. The van der Waals surface area contributed by atoms with E-state index in [0.717, 1.165) is 19.3 Å². The smallest absolute Gasteiger partial charge is 0.336 e. The summed E-state index contributed by atoms with van der Waals surface area (Å²) in [5, 5.41) is 37.2. The minimum atomic E-state index is -2.81. The molecule has 222 valence electrons. The molecule has 0 aliphatic heterocycles. The molecule has 4 N–H and O–H groups in total. The second-order valence-electron chi connectivity index (χ2n) is 10.2. The lowest BCUT2D eigenvalue weighted by Gasteiger charge is -2.20. The van der Waals surface area contributed by atoms with E-state index in [-0.39, 0.29) is 6.42 Å². The number of carbonyl (C=O) groups excluding carboxylic acids is 2. The van der Waals surface area contributed by atoms with E-state index in [9.17, 15) is 29.4 Å². The second-order valence-corrected chi connectivity index (χ2v) is 10.2. The van der Waals surface area contributed by atoms with E-state index in [4.69, 9.17) is 14.9 Å². The van der Waals surface area contributed by atoms with E-state index < -0.39 is 61.6 Å². The fraction of sp³-hybridized carbons (Fsp3) is 0.857. The number of esters is 2. The van der Waals surface area contributed by atoms with Gasteiger partial charge in [-0.3, -0.25) is 14.4 Å². The van der Waals surface area contributed by atoms with Gasteiger partial charge in [-0.05, 0) is 6.42 Å². The highest BCUT2D eigenvalue weighted by atomic mass is 16.6. The average molecular weight is 547 g/mol. The first-order valence-electron chi connectivity index (χ1n) is 14.3. The molecule has 0 amide bonds. The molecule has 0 aromatic heterocycles. The van der Waals surface area contributed by atoms with Crippen LogP contribution in [0, 0.1) is 0 Å². The lowest BCUT2D eigenvalue weighted by molar-refractivity contribution is -0.173. The van der Waals surface area contributed by atoms with Crippen molar-refractivity contribution in [2.75, 3.05) is 13.2 Å². The summed E-state index contributed by atoms with van der Waals surface area (Å²) in [6, 6.07) is 0. The molecule has 0 spiro atoms. The molecule has 38 heavy (non-hydrogen) atoms. The molecule has 0 saturated heterocycles. The number of rotatable bonds is 26. The van der Waals surface area contributed by atoms with Crippen LogP contribution in [0.15, 0.2) is 0 Å². The first-order chi connectivity index (χ1) is 18.1. The van der Waals surface area contributed by atoms with Crippen molar-refractivity contribution in [3.63, 3.8) is 0 Å². The Hall–Kier alpha value is -2.20. The number of carboxylic acid groups (broad SMARTS) is 2. The van der Waals surface area contributed by atoms with Crippen molar-refractivity contribution in [3.8, 4) is 0 Å². The molecular formula is C28H50O10. The molecule has 0 bridgehead atoms. The molecular weight excluding hydrogens is 496 g/mol. The molecule has 0 aromatic rings. The van der Waals surface area contributed by atoms with Crippen LogP contribution in [0.25, 0.3) is 0 Å². The quantitative estimate of drug-likeness (QED) is 0.0876. The molecule has 2 unspecified atom stereocenters. The van der Waals surface area contributed by atoms with Crippen molar-refractivity contribution < 1.29 is 49.1 Å². The second kappa shape index (κ2) is 22.8. The Morgan fingerprint density at radius 3 is 1.42 bits per heavy atom. The summed E-state index contributed by atoms with van der Waals surface area (Å²) in [6.07, 6.45) is 16.4. The van der Waals surface area contributed by atoms with Gasteiger partial charge in [0.15, 0.2) is 5.60 Å². The summed E-state index contributed by atoms with van der Waals surface area (Å²) < 4.78 is 9.61. The number of hydrogen-bond donors (Lipinski definition) is 4. The van der Waals surface area contributed by atoms with Gasteiger partial charge in [-0.25, -0.2) is 4.79 Å². The lowest BCUT2D eigenvalue weighted by atomic mass is 9.96. The first-order valence-corrected chi connectivity index (χ1v) is 14.3. The number of hydrogen-bond acceptors (Lipinski definition) is 8. The van der Waals surface area contributed by atoms with Crippen LogP contribution in [0.1, 0.15) is 129 Å². The maximum atomic E-state index is 11.8. The van der Waals surface area contributed by atoms with E-state index in [1.54, 1.807) is 0 Å². The highest BCUT2D eigenvalue weighted by molar-refractivity contribution is 5.88. The van der Waals surface area contributed by atoms with E-state index in [1.165, 1.54) is 77.0 Å². The van der Waals surface area contributed by atoms with Gasteiger partial charge in [0, 0.05) is 6.42 Å². The Bertz CT molecular complexity index is 666. The molecule has 10 nitrogen and oxygen atoms in total. The number of aliphatic carboxylic acids is 2. The van der Waals surface area contributed by atoms with Gasteiger partial charge in [-0.1, -0.05) is 103 Å². The fourth-order valence-electron chi connectivity index (χ4n) is 4.07. The number of ether oxygens (including phenoxy) is 2. The van der Waals surface area contributed by atoms with Crippen LogP contribution in [0.4, 0.5) is 0 Å². The third kappa shape index (κ3) is 20.8. The fourth-order valence-corrected chi connectivity index (χ4v) is 4.07. The number of unbranched alkanes of at least 4 members (excludes halogenated alkanes) is 15. The van der Waals surface area contributed by atoms with Crippen molar-refractivity contribution in [3.05, 3.63) is 0 Å². The van der Waals surface area contributed by atoms with Gasteiger partial charge in [0.2, 0.25) is 0 Å². The number of carbonyl (C=O) groups is 4. The van der Waals surface area contributed by atoms with Crippen LogP contribution < -0.4 is 0 Å². The molecule has 0 aliphatic rings. The lowest BCUT2D eigenvalue weighted by Crippen LogP contribution is -2.43. The molecule has 10 heteroatoms. The molecule has 0 rings (SSSR count). The zero-order valence-corrected chi connectivity index (χ0v) is 23.2. The van der Waals surface area contributed by atoms with Crippen molar-refractivity contribution in [2.24, 2.45) is 0 Å². The average Bonchev–Trinajstić information content (AvgIpc) is 2.85. The molecule has 0 fully saturated rings. The van der Waals surface area contributed by atoms with Crippen molar-refractivity contribution >= 4 is 23.9 Å². The van der Waals surface area contributed by atoms with Crippen molar-refractivity contribution in [1.82, 2.24) is 0 Å².